The van der Waals surface area contributed by atoms with Crippen LogP contribution >= 0.6 is 0 Å². The zero-order valence-electron chi connectivity index (χ0n) is 8.34. The first kappa shape index (κ1) is 8.52. The monoisotopic (exact) mass is 169 g/mol. The topological polar surface area (TPSA) is 12.5 Å². The van der Waals surface area contributed by atoms with E-state index in [1.54, 1.807) is 0 Å². The maximum Gasteiger partial charge on any atom is 0.0703 e. The normalized spacial score (nSPS) is 39.0. The fraction of sp³-hybridized carbons (Fsp3) is 1.00. The predicted octanol–water partition coefficient (Wildman–Crippen LogP) is 1.65. The number of nitrogens with zero attached hydrogens (tertiary/aromatic N) is 1. The van der Waals surface area contributed by atoms with Gasteiger partial charge in [-0.25, -0.2) is 0 Å². The highest BCUT2D eigenvalue weighted by atomic mass is 16.5. The molecule has 2 nitrogen and oxygen atoms in total. The summed E-state index contributed by atoms with van der Waals surface area (Å²) < 4.78 is 5.94. The molecule has 1 saturated heterocycles. The molecule has 2 rings (SSSR count). The molecular weight excluding hydrogens is 150 g/mol. The average molecular weight is 169 g/mol. The van der Waals surface area contributed by atoms with Crippen LogP contribution in [-0.2, 0) is 4.74 Å². The molecular formula is C10H19NO. The molecule has 1 aliphatic carbocycles. The summed E-state index contributed by atoms with van der Waals surface area (Å²) >= 11 is 0. The molecule has 0 aromatic rings. The number of rotatable bonds is 1. The van der Waals surface area contributed by atoms with Gasteiger partial charge in [-0.2, -0.15) is 0 Å². The Kier molecular flexibility index (Phi) is 1.92. The lowest BCUT2D eigenvalue weighted by Gasteiger charge is -2.37. The van der Waals surface area contributed by atoms with E-state index in [-0.39, 0.29) is 0 Å². The van der Waals surface area contributed by atoms with Crippen molar-refractivity contribution in [2.45, 2.75) is 50.4 Å². The van der Waals surface area contributed by atoms with Crippen LogP contribution in [-0.4, -0.2) is 36.7 Å². The summed E-state index contributed by atoms with van der Waals surface area (Å²) in [5.74, 6) is 0. The Labute approximate surface area is 74.9 Å². The van der Waals surface area contributed by atoms with Crippen LogP contribution in [0.3, 0.4) is 0 Å². The predicted molar refractivity (Wildman–Crippen MR) is 49.2 cm³/mol. The van der Waals surface area contributed by atoms with Gasteiger partial charge < -0.3 is 9.64 Å². The largest absolute Gasteiger partial charge is 0.372 e. The summed E-state index contributed by atoms with van der Waals surface area (Å²) in [6.07, 6.45) is 5.51. The van der Waals surface area contributed by atoms with E-state index in [2.05, 4.69) is 25.9 Å². The van der Waals surface area contributed by atoms with Gasteiger partial charge in [0.1, 0.15) is 0 Å². The van der Waals surface area contributed by atoms with Gasteiger partial charge in [-0.15, -0.1) is 0 Å². The molecule has 70 valence electrons. The van der Waals surface area contributed by atoms with Crippen molar-refractivity contribution in [1.29, 1.82) is 0 Å². The summed E-state index contributed by atoms with van der Waals surface area (Å²) in [5.41, 5.74) is 0.312. The van der Waals surface area contributed by atoms with Crippen molar-refractivity contribution in [2.24, 2.45) is 0 Å². The van der Waals surface area contributed by atoms with Gasteiger partial charge in [-0.05, 0) is 46.7 Å². The van der Waals surface area contributed by atoms with Crippen molar-refractivity contribution >= 4 is 0 Å². The maximum absolute atomic E-state index is 5.94. The van der Waals surface area contributed by atoms with E-state index < -0.39 is 0 Å². The van der Waals surface area contributed by atoms with Gasteiger partial charge in [0.25, 0.3) is 0 Å². The van der Waals surface area contributed by atoms with Crippen LogP contribution in [0.5, 0.6) is 0 Å². The third-order valence-electron chi connectivity index (χ3n) is 3.20. The molecule has 2 fully saturated rings. The van der Waals surface area contributed by atoms with E-state index in [0.717, 1.165) is 6.04 Å². The highest BCUT2D eigenvalue weighted by molar-refractivity contribution is 5.02. The lowest BCUT2D eigenvalue weighted by Crippen LogP contribution is -2.42. The molecule has 1 aliphatic heterocycles. The zero-order chi connectivity index (χ0) is 8.77. The highest BCUT2D eigenvalue weighted by Crippen LogP contribution is 2.48. The minimum absolute atomic E-state index is 0.312. The van der Waals surface area contributed by atoms with Crippen LogP contribution in [0.25, 0.3) is 0 Å². The first-order chi connectivity index (χ1) is 5.61. The molecule has 2 heteroatoms. The Morgan fingerprint density at radius 3 is 2.50 bits per heavy atom. The molecule has 1 heterocycles. The smallest absolute Gasteiger partial charge is 0.0703 e. The second-order valence-corrected chi connectivity index (χ2v) is 4.67. The van der Waals surface area contributed by atoms with E-state index in [0.29, 0.717) is 11.7 Å². The average Bonchev–Trinajstić information content (AvgIpc) is 2.67. The molecule has 0 bridgehead atoms. The van der Waals surface area contributed by atoms with Crippen molar-refractivity contribution in [1.82, 2.24) is 4.90 Å². The van der Waals surface area contributed by atoms with Crippen molar-refractivity contribution in [3.05, 3.63) is 0 Å². The van der Waals surface area contributed by atoms with Crippen molar-refractivity contribution in [3.8, 4) is 0 Å². The van der Waals surface area contributed by atoms with Crippen LogP contribution in [0.15, 0.2) is 0 Å². The van der Waals surface area contributed by atoms with E-state index in [1.165, 1.54) is 25.7 Å². The summed E-state index contributed by atoms with van der Waals surface area (Å²) in [6, 6.07) is 0.747. The quantitative estimate of drug-likeness (QED) is 0.592. The van der Waals surface area contributed by atoms with Gasteiger partial charge >= 0.3 is 0 Å². The van der Waals surface area contributed by atoms with Gasteiger partial charge in [0, 0.05) is 6.04 Å². The van der Waals surface area contributed by atoms with Crippen LogP contribution in [0.4, 0.5) is 0 Å². The third kappa shape index (κ3) is 1.50. The number of ether oxygens (including phenoxy) is 1. The molecule has 1 saturated carbocycles. The van der Waals surface area contributed by atoms with Gasteiger partial charge in [0.15, 0.2) is 0 Å². The Balaban J connectivity index is 1.99. The van der Waals surface area contributed by atoms with Gasteiger partial charge in [-0.1, -0.05) is 0 Å². The fourth-order valence-corrected chi connectivity index (χ4v) is 2.27. The molecule has 0 unspecified atom stereocenters. The lowest BCUT2D eigenvalue weighted by atomic mass is 9.97. The molecule has 0 aromatic carbocycles. The second kappa shape index (κ2) is 2.71. The summed E-state index contributed by atoms with van der Waals surface area (Å²) in [7, 11) is 4.36. The number of hydrogen-bond acceptors (Lipinski definition) is 2. The standard InChI is InChI=1S/C10H19NO/c1-8-6-9(11(2)3)7-10(12-8)4-5-10/h8-9H,4-7H2,1-3H3/t8-,9+/m1/s1. The molecule has 2 aliphatic rings. The Hall–Kier alpha value is -0.0800. The van der Waals surface area contributed by atoms with Gasteiger partial charge in [-0.3, -0.25) is 0 Å². The molecule has 1 spiro atoms. The van der Waals surface area contributed by atoms with Crippen molar-refractivity contribution in [2.75, 3.05) is 14.1 Å². The van der Waals surface area contributed by atoms with Crippen LogP contribution in [0, 0.1) is 0 Å². The van der Waals surface area contributed by atoms with Gasteiger partial charge in [0.2, 0.25) is 0 Å². The van der Waals surface area contributed by atoms with Crippen molar-refractivity contribution < 1.29 is 4.74 Å². The molecule has 0 amide bonds. The Bertz CT molecular complexity index is 175. The van der Waals surface area contributed by atoms with Crippen LogP contribution < -0.4 is 0 Å². The minimum atomic E-state index is 0.312. The summed E-state index contributed by atoms with van der Waals surface area (Å²) in [4.78, 5) is 2.35. The highest BCUT2D eigenvalue weighted by Gasteiger charge is 2.49. The third-order valence-corrected chi connectivity index (χ3v) is 3.20. The molecule has 0 N–H and O–H groups in total. The summed E-state index contributed by atoms with van der Waals surface area (Å²) in [6.45, 7) is 2.20. The van der Waals surface area contributed by atoms with E-state index in [1.807, 2.05) is 0 Å². The second-order valence-electron chi connectivity index (χ2n) is 4.67. The Morgan fingerprint density at radius 1 is 1.33 bits per heavy atom. The van der Waals surface area contributed by atoms with Crippen molar-refractivity contribution in [3.63, 3.8) is 0 Å². The maximum atomic E-state index is 5.94. The van der Waals surface area contributed by atoms with Crippen LogP contribution in [0.2, 0.25) is 0 Å². The summed E-state index contributed by atoms with van der Waals surface area (Å²) in [5, 5.41) is 0. The lowest BCUT2D eigenvalue weighted by molar-refractivity contribution is -0.0835. The van der Waals surface area contributed by atoms with E-state index >= 15 is 0 Å². The minimum Gasteiger partial charge on any atom is -0.372 e. The first-order valence-electron chi connectivity index (χ1n) is 4.96. The SMILES string of the molecule is C[C@@H]1C[C@H](N(C)C)CC2(CC2)O1. The Morgan fingerprint density at radius 2 is 2.00 bits per heavy atom. The number of hydrogen-bond donors (Lipinski definition) is 0. The molecule has 2 atom stereocenters. The first-order valence-corrected chi connectivity index (χ1v) is 4.96. The fourth-order valence-electron chi connectivity index (χ4n) is 2.27. The van der Waals surface area contributed by atoms with E-state index in [4.69, 9.17) is 4.74 Å². The van der Waals surface area contributed by atoms with Crippen LogP contribution in [0.1, 0.15) is 32.6 Å². The zero-order valence-corrected chi connectivity index (χ0v) is 8.34. The molecule has 0 radical (unpaired) electrons. The van der Waals surface area contributed by atoms with Gasteiger partial charge in [0.05, 0.1) is 11.7 Å². The molecule has 0 aromatic heterocycles. The molecule has 12 heavy (non-hydrogen) atoms. The van der Waals surface area contributed by atoms with E-state index in [9.17, 15) is 0 Å².